The van der Waals surface area contributed by atoms with Gasteiger partial charge in [-0.3, -0.25) is 9.88 Å². The van der Waals surface area contributed by atoms with Gasteiger partial charge in [0.15, 0.2) is 0 Å². The van der Waals surface area contributed by atoms with Crippen molar-refractivity contribution < 1.29 is 4.74 Å². The number of piperidine rings is 1. The SMILES string of the molecule is COC1CN(Cc2ccnc(CN)c2)CCC1C. The largest absolute Gasteiger partial charge is 0.380 e. The quantitative estimate of drug-likeness (QED) is 0.876. The molecule has 2 N–H and O–H groups in total. The molecule has 100 valence electrons. The predicted octanol–water partition coefficient (Wildman–Crippen LogP) is 1.40. The maximum Gasteiger partial charge on any atom is 0.0724 e. The van der Waals surface area contributed by atoms with E-state index in [1.54, 1.807) is 0 Å². The maximum absolute atomic E-state index is 5.62. The lowest BCUT2D eigenvalue weighted by atomic mass is 9.95. The molecular weight excluding hydrogens is 226 g/mol. The van der Waals surface area contributed by atoms with Crippen LogP contribution in [0.2, 0.25) is 0 Å². The number of hydrogen-bond donors (Lipinski definition) is 1. The van der Waals surface area contributed by atoms with Gasteiger partial charge in [0.2, 0.25) is 0 Å². The highest BCUT2D eigenvalue weighted by Gasteiger charge is 2.25. The molecule has 4 heteroatoms. The van der Waals surface area contributed by atoms with Crippen LogP contribution in [0.25, 0.3) is 0 Å². The van der Waals surface area contributed by atoms with E-state index >= 15 is 0 Å². The molecule has 4 nitrogen and oxygen atoms in total. The summed E-state index contributed by atoms with van der Waals surface area (Å²) in [5, 5.41) is 0. The van der Waals surface area contributed by atoms with E-state index in [9.17, 15) is 0 Å². The first-order chi connectivity index (χ1) is 8.72. The van der Waals surface area contributed by atoms with E-state index in [1.165, 1.54) is 12.0 Å². The molecule has 2 rings (SSSR count). The Labute approximate surface area is 109 Å². The van der Waals surface area contributed by atoms with Crippen molar-refractivity contribution in [3.8, 4) is 0 Å². The zero-order chi connectivity index (χ0) is 13.0. The molecule has 1 aliphatic rings. The van der Waals surface area contributed by atoms with Gasteiger partial charge in [0.05, 0.1) is 11.8 Å². The van der Waals surface area contributed by atoms with Gasteiger partial charge in [-0.15, -0.1) is 0 Å². The molecule has 1 fully saturated rings. The van der Waals surface area contributed by atoms with Crippen molar-refractivity contribution in [1.29, 1.82) is 0 Å². The second-order valence-electron chi connectivity index (χ2n) is 5.13. The van der Waals surface area contributed by atoms with Crippen LogP contribution in [0.4, 0.5) is 0 Å². The molecule has 18 heavy (non-hydrogen) atoms. The maximum atomic E-state index is 5.62. The van der Waals surface area contributed by atoms with E-state index in [1.807, 2.05) is 13.3 Å². The molecule has 0 saturated carbocycles. The zero-order valence-corrected chi connectivity index (χ0v) is 11.3. The van der Waals surface area contributed by atoms with Gasteiger partial charge in [-0.2, -0.15) is 0 Å². The average Bonchev–Trinajstić information content (AvgIpc) is 2.41. The molecule has 2 heterocycles. The molecule has 0 spiro atoms. The highest BCUT2D eigenvalue weighted by Crippen LogP contribution is 2.21. The van der Waals surface area contributed by atoms with Gasteiger partial charge in [0, 0.05) is 32.9 Å². The average molecular weight is 249 g/mol. The molecule has 0 aliphatic carbocycles. The minimum atomic E-state index is 0.356. The number of aromatic nitrogens is 1. The van der Waals surface area contributed by atoms with Crippen molar-refractivity contribution in [2.45, 2.75) is 32.5 Å². The Balaban J connectivity index is 1.96. The van der Waals surface area contributed by atoms with E-state index in [2.05, 4.69) is 28.9 Å². The van der Waals surface area contributed by atoms with Crippen LogP contribution in [-0.2, 0) is 17.8 Å². The lowest BCUT2D eigenvalue weighted by molar-refractivity contribution is -0.00745. The van der Waals surface area contributed by atoms with Crippen molar-refractivity contribution in [2.24, 2.45) is 11.7 Å². The van der Waals surface area contributed by atoms with E-state index in [0.29, 0.717) is 18.6 Å². The molecule has 1 aliphatic heterocycles. The third kappa shape index (κ3) is 3.28. The van der Waals surface area contributed by atoms with Crippen LogP contribution >= 0.6 is 0 Å². The Kier molecular flexibility index (Phi) is 4.69. The fraction of sp³-hybridized carbons (Fsp3) is 0.643. The smallest absolute Gasteiger partial charge is 0.0724 e. The molecule has 0 aromatic carbocycles. The van der Waals surface area contributed by atoms with Gasteiger partial charge >= 0.3 is 0 Å². The second kappa shape index (κ2) is 6.27. The monoisotopic (exact) mass is 249 g/mol. The summed E-state index contributed by atoms with van der Waals surface area (Å²) in [4.78, 5) is 6.67. The number of methoxy groups -OCH3 is 1. The van der Waals surface area contributed by atoms with E-state index in [-0.39, 0.29) is 0 Å². The summed E-state index contributed by atoms with van der Waals surface area (Å²) in [6.07, 6.45) is 3.40. The van der Waals surface area contributed by atoms with Crippen molar-refractivity contribution >= 4 is 0 Å². The van der Waals surface area contributed by atoms with Gasteiger partial charge in [-0.25, -0.2) is 0 Å². The molecule has 1 aromatic heterocycles. The van der Waals surface area contributed by atoms with Crippen LogP contribution in [0.1, 0.15) is 24.6 Å². The summed E-state index contributed by atoms with van der Waals surface area (Å²) >= 11 is 0. The van der Waals surface area contributed by atoms with E-state index in [4.69, 9.17) is 10.5 Å². The normalized spacial score (nSPS) is 25.3. The van der Waals surface area contributed by atoms with Gasteiger partial charge < -0.3 is 10.5 Å². The van der Waals surface area contributed by atoms with E-state index < -0.39 is 0 Å². The fourth-order valence-corrected chi connectivity index (χ4v) is 2.54. The van der Waals surface area contributed by atoms with Crippen molar-refractivity contribution in [3.63, 3.8) is 0 Å². The Hall–Kier alpha value is -0.970. The van der Waals surface area contributed by atoms with Gasteiger partial charge in [0.25, 0.3) is 0 Å². The molecule has 0 bridgehead atoms. The lowest BCUT2D eigenvalue weighted by Gasteiger charge is -2.36. The summed E-state index contributed by atoms with van der Waals surface area (Å²) in [6.45, 7) is 5.89. The molecular formula is C14H23N3O. The van der Waals surface area contributed by atoms with E-state index in [0.717, 1.165) is 25.3 Å². The van der Waals surface area contributed by atoms with Crippen molar-refractivity contribution in [2.75, 3.05) is 20.2 Å². The zero-order valence-electron chi connectivity index (χ0n) is 11.3. The minimum Gasteiger partial charge on any atom is -0.380 e. The minimum absolute atomic E-state index is 0.356. The number of ether oxygens (including phenoxy) is 1. The number of pyridine rings is 1. The van der Waals surface area contributed by atoms with Crippen molar-refractivity contribution in [3.05, 3.63) is 29.6 Å². The van der Waals surface area contributed by atoms with Crippen LogP contribution in [0, 0.1) is 5.92 Å². The molecule has 0 amide bonds. The number of rotatable bonds is 4. The Bertz CT molecular complexity index is 383. The highest BCUT2D eigenvalue weighted by molar-refractivity contribution is 5.16. The predicted molar refractivity (Wildman–Crippen MR) is 72.0 cm³/mol. The summed E-state index contributed by atoms with van der Waals surface area (Å²) in [5.41, 5.74) is 7.86. The number of nitrogens with zero attached hydrogens (tertiary/aromatic N) is 2. The van der Waals surface area contributed by atoms with Crippen molar-refractivity contribution in [1.82, 2.24) is 9.88 Å². The molecule has 1 saturated heterocycles. The molecule has 2 atom stereocenters. The lowest BCUT2D eigenvalue weighted by Crippen LogP contribution is -2.43. The van der Waals surface area contributed by atoms with Crippen LogP contribution in [0.15, 0.2) is 18.3 Å². The molecule has 0 radical (unpaired) electrons. The second-order valence-corrected chi connectivity index (χ2v) is 5.13. The summed E-state index contributed by atoms with van der Waals surface area (Å²) in [5.74, 6) is 0.656. The summed E-state index contributed by atoms with van der Waals surface area (Å²) in [6, 6.07) is 4.17. The highest BCUT2D eigenvalue weighted by atomic mass is 16.5. The first-order valence-electron chi connectivity index (χ1n) is 6.62. The van der Waals surface area contributed by atoms with Crippen LogP contribution in [0.3, 0.4) is 0 Å². The summed E-state index contributed by atoms with van der Waals surface area (Å²) in [7, 11) is 1.81. The fourth-order valence-electron chi connectivity index (χ4n) is 2.54. The number of likely N-dealkylation sites (tertiary alicyclic amines) is 1. The van der Waals surface area contributed by atoms with Crippen LogP contribution in [0.5, 0.6) is 0 Å². The first kappa shape index (κ1) is 13.5. The number of hydrogen-bond acceptors (Lipinski definition) is 4. The standard InChI is InChI=1S/C14H23N3O/c1-11-4-6-17(10-14(11)18-2)9-12-3-5-16-13(7-12)8-15/h3,5,7,11,14H,4,6,8-10,15H2,1-2H3. The molecule has 2 unspecified atom stereocenters. The topological polar surface area (TPSA) is 51.4 Å². The summed E-state index contributed by atoms with van der Waals surface area (Å²) < 4.78 is 5.54. The third-order valence-electron chi connectivity index (χ3n) is 3.77. The van der Waals surface area contributed by atoms with Gasteiger partial charge in [-0.1, -0.05) is 6.92 Å². The Morgan fingerprint density at radius 3 is 3.11 bits per heavy atom. The van der Waals surface area contributed by atoms with Crippen LogP contribution < -0.4 is 5.73 Å². The Morgan fingerprint density at radius 1 is 1.56 bits per heavy atom. The van der Waals surface area contributed by atoms with Crippen LogP contribution in [-0.4, -0.2) is 36.2 Å². The first-order valence-corrected chi connectivity index (χ1v) is 6.62. The molecule has 1 aromatic rings. The Morgan fingerprint density at radius 2 is 2.39 bits per heavy atom. The number of nitrogens with two attached hydrogens (primary N) is 1. The van der Waals surface area contributed by atoms with Gasteiger partial charge in [-0.05, 0) is 36.6 Å². The van der Waals surface area contributed by atoms with Gasteiger partial charge in [0.1, 0.15) is 0 Å². The third-order valence-corrected chi connectivity index (χ3v) is 3.77.